The molecule has 3 rings (SSSR count). The molecule has 4 nitrogen and oxygen atoms in total. The van der Waals surface area contributed by atoms with E-state index in [2.05, 4.69) is 33.9 Å². The van der Waals surface area contributed by atoms with Crippen LogP contribution in [0.25, 0.3) is 21.3 Å². The number of hydrogen-bond acceptors (Lipinski definition) is 5. The van der Waals surface area contributed by atoms with Crippen LogP contribution in [0, 0.1) is 13.8 Å². The van der Waals surface area contributed by atoms with Gasteiger partial charge in [0.1, 0.15) is 22.2 Å². The van der Waals surface area contributed by atoms with E-state index in [0.717, 1.165) is 27.6 Å². The Kier molecular flexibility index (Phi) is 4.22. The lowest BCUT2D eigenvalue weighted by Crippen LogP contribution is -2.12. The van der Waals surface area contributed by atoms with Gasteiger partial charge in [0.05, 0.1) is 12.0 Å². The molecular weight excluding hydrogens is 306 g/mol. The van der Waals surface area contributed by atoms with Crippen LogP contribution in [-0.4, -0.2) is 30.7 Å². The molecule has 120 valence electrons. The zero-order chi connectivity index (χ0) is 16.6. The molecule has 23 heavy (non-hydrogen) atoms. The monoisotopic (exact) mass is 327 g/mol. The van der Waals surface area contributed by atoms with E-state index in [4.69, 9.17) is 4.74 Å². The normalized spacial score (nSPS) is 11.0. The van der Waals surface area contributed by atoms with Crippen LogP contribution in [0.2, 0.25) is 0 Å². The third-order valence-corrected chi connectivity index (χ3v) is 4.70. The van der Waals surface area contributed by atoms with Crippen molar-refractivity contribution in [3.63, 3.8) is 0 Å². The molecule has 0 aliphatic rings. The molecule has 0 aliphatic carbocycles. The van der Waals surface area contributed by atoms with Gasteiger partial charge >= 0.3 is 0 Å². The summed E-state index contributed by atoms with van der Waals surface area (Å²) in [5.41, 5.74) is 2.39. The summed E-state index contributed by atoms with van der Waals surface area (Å²) in [4.78, 5) is 13.6. The van der Waals surface area contributed by atoms with Crippen molar-refractivity contribution in [2.75, 3.05) is 25.6 Å². The fourth-order valence-electron chi connectivity index (χ4n) is 2.75. The average molecular weight is 327 g/mol. The molecule has 0 fully saturated rings. The number of rotatable bonds is 4. The zero-order valence-electron chi connectivity index (χ0n) is 14.2. The number of benzene rings is 1. The third kappa shape index (κ3) is 2.88. The summed E-state index contributed by atoms with van der Waals surface area (Å²) in [6.45, 7) is 6.76. The number of anilines is 1. The van der Waals surface area contributed by atoms with Crippen LogP contribution in [0.15, 0.2) is 24.3 Å². The largest absolute Gasteiger partial charge is 0.494 e. The van der Waals surface area contributed by atoms with E-state index >= 15 is 0 Å². The number of nitrogens with zero attached hydrogens (tertiary/aromatic N) is 3. The van der Waals surface area contributed by atoms with E-state index in [1.54, 1.807) is 11.3 Å². The maximum Gasteiger partial charge on any atom is 0.141 e. The van der Waals surface area contributed by atoms with Crippen molar-refractivity contribution in [3.05, 3.63) is 35.0 Å². The number of ether oxygens (including phenoxy) is 1. The number of thiophene rings is 1. The second-order valence-corrected chi connectivity index (χ2v) is 6.86. The molecule has 3 aromatic rings. The molecule has 0 aliphatic heterocycles. The minimum atomic E-state index is 0.678. The van der Waals surface area contributed by atoms with Crippen molar-refractivity contribution in [2.45, 2.75) is 20.8 Å². The Hall–Kier alpha value is -2.14. The first-order valence-corrected chi connectivity index (χ1v) is 8.51. The fourth-order valence-corrected chi connectivity index (χ4v) is 3.84. The van der Waals surface area contributed by atoms with E-state index in [9.17, 15) is 0 Å². The quantitative estimate of drug-likeness (QED) is 0.710. The average Bonchev–Trinajstić information content (AvgIpc) is 2.83. The number of aryl methyl sites for hydroxylation is 2. The molecule has 2 aromatic heterocycles. The Morgan fingerprint density at radius 3 is 2.39 bits per heavy atom. The van der Waals surface area contributed by atoms with E-state index in [1.165, 1.54) is 16.0 Å². The van der Waals surface area contributed by atoms with E-state index in [0.29, 0.717) is 6.61 Å². The summed E-state index contributed by atoms with van der Waals surface area (Å²) in [5, 5.41) is 1.13. The van der Waals surface area contributed by atoms with Gasteiger partial charge in [-0.2, -0.15) is 0 Å². The molecule has 0 N–H and O–H groups in total. The van der Waals surface area contributed by atoms with Crippen LogP contribution in [0.4, 0.5) is 5.82 Å². The van der Waals surface area contributed by atoms with E-state index in [1.807, 2.05) is 40.1 Å². The Morgan fingerprint density at radius 1 is 1.09 bits per heavy atom. The Balaban J connectivity index is 2.22. The van der Waals surface area contributed by atoms with Crippen LogP contribution < -0.4 is 9.64 Å². The van der Waals surface area contributed by atoms with Gasteiger partial charge in [0.25, 0.3) is 0 Å². The minimum Gasteiger partial charge on any atom is -0.494 e. The Labute approximate surface area is 140 Å². The molecule has 0 radical (unpaired) electrons. The lowest BCUT2D eigenvalue weighted by molar-refractivity contribution is 0.340. The predicted molar refractivity (Wildman–Crippen MR) is 97.8 cm³/mol. The second-order valence-electron chi connectivity index (χ2n) is 5.66. The van der Waals surface area contributed by atoms with Crippen molar-refractivity contribution >= 4 is 27.4 Å². The van der Waals surface area contributed by atoms with Crippen molar-refractivity contribution in [1.82, 2.24) is 9.97 Å². The first-order chi connectivity index (χ1) is 11.0. The van der Waals surface area contributed by atoms with Crippen molar-refractivity contribution < 1.29 is 4.74 Å². The Morgan fingerprint density at radius 2 is 1.78 bits per heavy atom. The molecule has 0 spiro atoms. The number of hydrogen-bond donors (Lipinski definition) is 0. The van der Waals surface area contributed by atoms with Crippen LogP contribution in [-0.2, 0) is 0 Å². The summed E-state index contributed by atoms with van der Waals surface area (Å²) in [6.07, 6.45) is 0. The lowest BCUT2D eigenvalue weighted by atomic mass is 10.0. The maximum atomic E-state index is 5.54. The molecule has 0 atom stereocenters. The zero-order valence-corrected chi connectivity index (χ0v) is 15.0. The standard InChI is InChI=1S/C18H21N3OS/c1-6-22-14-9-7-13(8-10-14)15-11(2)23-18-16(15)17(21(4)5)19-12(3)20-18/h7-10H,6H2,1-5H3. The molecule has 0 bridgehead atoms. The van der Waals surface area contributed by atoms with E-state index in [-0.39, 0.29) is 0 Å². The summed E-state index contributed by atoms with van der Waals surface area (Å²) in [6, 6.07) is 8.26. The second kappa shape index (κ2) is 6.16. The molecule has 0 amide bonds. The summed E-state index contributed by atoms with van der Waals surface area (Å²) < 4.78 is 5.54. The van der Waals surface area contributed by atoms with Gasteiger partial charge in [-0.25, -0.2) is 9.97 Å². The molecule has 2 heterocycles. The van der Waals surface area contributed by atoms with Crippen LogP contribution >= 0.6 is 11.3 Å². The first-order valence-electron chi connectivity index (χ1n) is 7.69. The molecular formula is C18H21N3OS. The third-order valence-electron chi connectivity index (χ3n) is 3.70. The van der Waals surface area contributed by atoms with Crippen LogP contribution in [0.3, 0.4) is 0 Å². The molecule has 0 unspecified atom stereocenters. The fraction of sp³-hybridized carbons (Fsp3) is 0.333. The Bertz CT molecular complexity index is 838. The van der Waals surface area contributed by atoms with Crippen LogP contribution in [0.1, 0.15) is 17.6 Å². The van der Waals surface area contributed by atoms with Gasteiger partial charge in [0, 0.05) is 24.5 Å². The maximum absolute atomic E-state index is 5.54. The minimum absolute atomic E-state index is 0.678. The summed E-state index contributed by atoms with van der Waals surface area (Å²) >= 11 is 1.72. The van der Waals surface area contributed by atoms with Gasteiger partial charge in [-0.15, -0.1) is 11.3 Å². The van der Waals surface area contributed by atoms with Crippen molar-refractivity contribution in [1.29, 1.82) is 0 Å². The van der Waals surface area contributed by atoms with Crippen LogP contribution in [0.5, 0.6) is 5.75 Å². The summed E-state index contributed by atoms with van der Waals surface area (Å²) in [5.74, 6) is 2.68. The van der Waals surface area contributed by atoms with Gasteiger partial charge < -0.3 is 9.64 Å². The SMILES string of the molecule is CCOc1ccc(-c2c(C)sc3nc(C)nc(N(C)C)c23)cc1. The lowest BCUT2D eigenvalue weighted by Gasteiger charge is -2.14. The molecule has 1 aromatic carbocycles. The highest BCUT2D eigenvalue weighted by Crippen LogP contribution is 2.41. The first kappa shape index (κ1) is 15.7. The van der Waals surface area contributed by atoms with Gasteiger partial charge in [-0.05, 0) is 38.5 Å². The predicted octanol–water partition coefficient (Wildman–Crippen LogP) is 4.44. The highest BCUT2D eigenvalue weighted by molar-refractivity contribution is 7.19. The van der Waals surface area contributed by atoms with Crippen molar-refractivity contribution in [2.24, 2.45) is 0 Å². The molecule has 0 saturated heterocycles. The number of fused-ring (bicyclic) bond motifs is 1. The smallest absolute Gasteiger partial charge is 0.141 e. The van der Waals surface area contributed by atoms with Gasteiger partial charge in [-0.1, -0.05) is 12.1 Å². The van der Waals surface area contributed by atoms with Gasteiger partial charge in [0.2, 0.25) is 0 Å². The van der Waals surface area contributed by atoms with E-state index < -0.39 is 0 Å². The highest BCUT2D eigenvalue weighted by atomic mass is 32.1. The highest BCUT2D eigenvalue weighted by Gasteiger charge is 2.18. The number of aromatic nitrogens is 2. The summed E-state index contributed by atoms with van der Waals surface area (Å²) in [7, 11) is 4.05. The molecule has 5 heteroatoms. The van der Waals surface area contributed by atoms with Gasteiger partial charge in [-0.3, -0.25) is 0 Å². The van der Waals surface area contributed by atoms with Crippen molar-refractivity contribution in [3.8, 4) is 16.9 Å². The van der Waals surface area contributed by atoms with Gasteiger partial charge in [0.15, 0.2) is 0 Å². The molecule has 0 saturated carbocycles. The topological polar surface area (TPSA) is 38.3 Å².